The largest absolute Gasteiger partial charge is 0.416 e. The first-order chi connectivity index (χ1) is 9.41. The lowest BCUT2D eigenvalue weighted by Crippen LogP contribution is -2.16. The minimum Gasteiger partial charge on any atom is -0.339 e. The molecule has 0 fully saturated rings. The summed E-state index contributed by atoms with van der Waals surface area (Å²) < 4.78 is 42.1. The normalized spacial score (nSPS) is 11.4. The highest BCUT2D eigenvalue weighted by atomic mass is 19.4. The van der Waals surface area contributed by atoms with Gasteiger partial charge in [-0.3, -0.25) is 5.41 Å². The van der Waals surface area contributed by atoms with E-state index in [4.69, 9.17) is 11.1 Å². The fourth-order valence-electron chi connectivity index (χ4n) is 1.51. The molecule has 4 N–H and O–H groups in total. The van der Waals surface area contributed by atoms with E-state index in [2.05, 4.69) is 20.3 Å². The van der Waals surface area contributed by atoms with E-state index < -0.39 is 11.7 Å². The Morgan fingerprint density at radius 3 is 2.75 bits per heavy atom. The molecule has 0 aliphatic carbocycles. The molecule has 1 aromatic heterocycles. The van der Waals surface area contributed by atoms with Crippen LogP contribution in [0.4, 0.5) is 18.9 Å². The topological polar surface area (TPSA) is 101 Å². The number of nitrogens with one attached hydrogen (secondary N) is 2. The number of amidine groups is 1. The van der Waals surface area contributed by atoms with Crippen LogP contribution in [0.5, 0.6) is 0 Å². The van der Waals surface area contributed by atoms with Crippen molar-refractivity contribution in [2.24, 2.45) is 5.73 Å². The first-order valence-corrected chi connectivity index (χ1v) is 5.46. The number of hydrogen-bond donors (Lipinski definition) is 3. The Kier molecular flexibility index (Phi) is 3.70. The number of halogens is 3. The predicted molar refractivity (Wildman–Crippen MR) is 64.1 cm³/mol. The van der Waals surface area contributed by atoms with Gasteiger partial charge in [0.1, 0.15) is 5.69 Å². The van der Waals surface area contributed by atoms with E-state index in [1.54, 1.807) is 0 Å². The molecule has 0 amide bonds. The van der Waals surface area contributed by atoms with Crippen LogP contribution in [-0.2, 0) is 12.7 Å². The van der Waals surface area contributed by atoms with E-state index in [1.807, 2.05) is 0 Å². The van der Waals surface area contributed by atoms with E-state index >= 15 is 0 Å². The number of nitrogens with two attached hydrogens (primary N) is 1. The second-order valence-electron chi connectivity index (χ2n) is 3.84. The molecular weight excluding hydrogens is 275 g/mol. The van der Waals surface area contributed by atoms with Crippen molar-refractivity contribution in [1.29, 1.82) is 5.41 Å². The third-order valence-electron chi connectivity index (χ3n) is 2.45. The third kappa shape index (κ3) is 2.94. The first-order valence-electron chi connectivity index (χ1n) is 5.46. The lowest BCUT2D eigenvalue weighted by Gasteiger charge is -2.10. The number of alkyl halides is 3. The van der Waals surface area contributed by atoms with Gasteiger partial charge in [0.25, 0.3) is 0 Å². The highest BCUT2D eigenvalue weighted by molar-refractivity contribution is 6.05. The van der Waals surface area contributed by atoms with Crippen molar-refractivity contribution < 1.29 is 17.8 Å². The molecule has 0 radical (unpaired) electrons. The molecule has 0 aliphatic rings. The summed E-state index contributed by atoms with van der Waals surface area (Å²) in [6.07, 6.45) is -4.45. The Labute approximate surface area is 111 Å². The quantitative estimate of drug-likeness (QED) is 0.591. The molecule has 0 bridgehead atoms. The predicted octanol–water partition coefficient (Wildman–Crippen LogP) is 1.98. The van der Waals surface area contributed by atoms with Crippen LogP contribution in [0.25, 0.3) is 0 Å². The van der Waals surface area contributed by atoms with E-state index in [9.17, 15) is 13.2 Å². The van der Waals surface area contributed by atoms with Crippen molar-refractivity contribution >= 4 is 11.5 Å². The van der Waals surface area contributed by atoms with E-state index in [0.717, 1.165) is 12.1 Å². The number of benzene rings is 1. The Morgan fingerprint density at radius 2 is 2.10 bits per heavy atom. The van der Waals surface area contributed by atoms with Crippen LogP contribution >= 0.6 is 0 Å². The molecule has 0 saturated carbocycles. The van der Waals surface area contributed by atoms with Crippen molar-refractivity contribution in [3.8, 4) is 0 Å². The first kappa shape index (κ1) is 14.0. The number of nitrogens with zero attached hydrogens (tertiary/aromatic N) is 2. The third-order valence-corrected chi connectivity index (χ3v) is 2.45. The zero-order chi connectivity index (χ0) is 14.8. The summed E-state index contributed by atoms with van der Waals surface area (Å²) in [5.41, 5.74) is 4.97. The molecule has 1 aromatic carbocycles. The van der Waals surface area contributed by atoms with Crippen molar-refractivity contribution in [3.05, 3.63) is 41.2 Å². The van der Waals surface area contributed by atoms with Crippen molar-refractivity contribution in [1.82, 2.24) is 10.3 Å². The minimum absolute atomic E-state index is 0.00544. The monoisotopic (exact) mass is 285 g/mol. The van der Waals surface area contributed by atoms with Gasteiger partial charge in [-0.25, -0.2) is 4.63 Å². The van der Waals surface area contributed by atoms with E-state index in [0.29, 0.717) is 0 Å². The van der Waals surface area contributed by atoms with Gasteiger partial charge in [0, 0.05) is 12.2 Å². The summed E-state index contributed by atoms with van der Waals surface area (Å²) in [4.78, 5) is 0. The maximum Gasteiger partial charge on any atom is 0.416 e. The Bertz CT molecular complexity index is 623. The summed E-state index contributed by atoms with van der Waals surface area (Å²) in [6, 6.07) is 4.48. The second kappa shape index (κ2) is 5.29. The fraction of sp³-hybridized carbons (Fsp3) is 0.182. The maximum absolute atomic E-state index is 12.6. The summed E-state index contributed by atoms with van der Waals surface area (Å²) in [6.45, 7) is 0.00544. The van der Waals surface area contributed by atoms with E-state index in [-0.39, 0.29) is 29.5 Å². The highest BCUT2D eigenvalue weighted by Crippen LogP contribution is 2.30. The summed E-state index contributed by atoms with van der Waals surface area (Å²) >= 11 is 0. The van der Waals surface area contributed by atoms with Crippen LogP contribution in [-0.4, -0.2) is 16.1 Å². The van der Waals surface area contributed by atoms with Gasteiger partial charge < -0.3 is 11.1 Å². The molecule has 0 unspecified atom stereocenters. The zero-order valence-electron chi connectivity index (χ0n) is 10.0. The molecule has 0 aliphatic heterocycles. The van der Waals surface area contributed by atoms with Gasteiger partial charge in [0.15, 0.2) is 11.5 Å². The van der Waals surface area contributed by atoms with E-state index in [1.165, 1.54) is 12.1 Å². The van der Waals surface area contributed by atoms with Gasteiger partial charge in [-0.05, 0) is 23.4 Å². The van der Waals surface area contributed by atoms with Gasteiger partial charge in [0.2, 0.25) is 0 Å². The number of rotatable bonds is 3. The standard InChI is InChI=1S/C11H10F3N5O/c12-11(13,14)6-2-1-3-7(4-6)17-10(16)9-8(5-15)18-20-19-9/h1-4H,5,15H2,(H2,16,17). The molecule has 106 valence electrons. The minimum atomic E-state index is -4.45. The lowest BCUT2D eigenvalue weighted by molar-refractivity contribution is -0.137. The average molecular weight is 285 g/mol. The molecular formula is C11H10F3N5O. The fourth-order valence-corrected chi connectivity index (χ4v) is 1.51. The number of hydrogen-bond acceptors (Lipinski definition) is 5. The maximum atomic E-state index is 12.6. The molecule has 6 nitrogen and oxygen atoms in total. The van der Waals surface area contributed by atoms with Gasteiger partial charge in [-0.2, -0.15) is 13.2 Å². The molecule has 0 saturated heterocycles. The molecule has 9 heteroatoms. The Morgan fingerprint density at radius 1 is 1.35 bits per heavy atom. The summed E-state index contributed by atoms with van der Waals surface area (Å²) in [5.74, 6) is -0.244. The highest BCUT2D eigenvalue weighted by Gasteiger charge is 2.30. The Balaban J connectivity index is 2.20. The van der Waals surface area contributed by atoms with Gasteiger partial charge in [0.05, 0.1) is 5.56 Å². The molecule has 2 aromatic rings. The van der Waals surface area contributed by atoms with Crippen LogP contribution < -0.4 is 11.1 Å². The van der Waals surface area contributed by atoms with Gasteiger partial charge in [-0.15, -0.1) is 0 Å². The molecule has 0 spiro atoms. The van der Waals surface area contributed by atoms with Crippen LogP contribution in [0.2, 0.25) is 0 Å². The van der Waals surface area contributed by atoms with Crippen molar-refractivity contribution in [2.45, 2.75) is 12.7 Å². The SMILES string of the molecule is N=C(Nc1cccc(C(F)(F)F)c1)c1nonc1CN. The second-order valence-corrected chi connectivity index (χ2v) is 3.84. The van der Waals surface area contributed by atoms with Crippen LogP contribution in [0.3, 0.4) is 0 Å². The zero-order valence-corrected chi connectivity index (χ0v) is 10.0. The molecule has 1 heterocycles. The Hall–Kier alpha value is -2.42. The van der Waals surface area contributed by atoms with Crippen molar-refractivity contribution in [3.63, 3.8) is 0 Å². The van der Waals surface area contributed by atoms with Crippen LogP contribution in [0.1, 0.15) is 17.0 Å². The molecule has 20 heavy (non-hydrogen) atoms. The summed E-state index contributed by atoms with van der Waals surface area (Å²) in [5, 5.41) is 17.2. The lowest BCUT2D eigenvalue weighted by atomic mass is 10.2. The number of aromatic nitrogens is 2. The van der Waals surface area contributed by atoms with Crippen LogP contribution in [0.15, 0.2) is 28.9 Å². The smallest absolute Gasteiger partial charge is 0.339 e. The number of anilines is 1. The average Bonchev–Trinajstić information content (AvgIpc) is 2.86. The van der Waals surface area contributed by atoms with Crippen molar-refractivity contribution in [2.75, 3.05) is 5.32 Å². The molecule has 0 atom stereocenters. The van der Waals surface area contributed by atoms with Gasteiger partial charge in [-0.1, -0.05) is 11.2 Å². The molecule has 2 rings (SSSR count). The summed E-state index contributed by atoms with van der Waals surface area (Å²) in [7, 11) is 0. The van der Waals surface area contributed by atoms with Crippen LogP contribution in [0, 0.1) is 5.41 Å². The van der Waals surface area contributed by atoms with Gasteiger partial charge >= 0.3 is 6.18 Å².